The van der Waals surface area contributed by atoms with Crippen molar-refractivity contribution in [1.82, 2.24) is 5.32 Å². The van der Waals surface area contributed by atoms with Crippen molar-refractivity contribution in [3.05, 3.63) is 17.7 Å². The van der Waals surface area contributed by atoms with E-state index >= 15 is 0 Å². The number of carbonyl (C=O) groups excluding carboxylic acids is 1. The van der Waals surface area contributed by atoms with Gasteiger partial charge in [0.1, 0.15) is 18.8 Å². The van der Waals surface area contributed by atoms with Gasteiger partial charge in [-0.15, -0.1) is 0 Å². The van der Waals surface area contributed by atoms with E-state index in [2.05, 4.69) is 11.4 Å². The first-order valence-corrected chi connectivity index (χ1v) is 7.39. The highest BCUT2D eigenvalue weighted by Crippen LogP contribution is 2.40. The number of nitrogens with zero attached hydrogens (tertiary/aromatic N) is 1. The quantitative estimate of drug-likeness (QED) is 0.924. The molecule has 1 saturated carbocycles. The second kappa shape index (κ2) is 5.76. The molecule has 0 spiro atoms. The van der Waals surface area contributed by atoms with Crippen LogP contribution < -0.4 is 19.5 Å². The van der Waals surface area contributed by atoms with E-state index in [1.807, 2.05) is 0 Å². The van der Waals surface area contributed by atoms with Crippen molar-refractivity contribution in [2.45, 2.75) is 31.2 Å². The lowest BCUT2D eigenvalue weighted by Crippen LogP contribution is -2.45. The number of nitrogens with one attached hydrogen (secondary N) is 1. The molecule has 22 heavy (non-hydrogen) atoms. The van der Waals surface area contributed by atoms with Crippen LogP contribution in [0.3, 0.4) is 0 Å². The fourth-order valence-corrected chi connectivity index (χ4v) is 2.94. The number of hydrogen-bond acceptors (Lipinski definition) is 5. The predicted molar refractivity (Wildman–Crippen MR) is 78.3 cm³/mol. The van der Waals surface area contributed by atoms with E-state index < -0.39 is 5.54 Å². The largest absolute Gasteiger partial charge is 0.493 e. The molecule has 0 radical (unpaired) electrons. The molecule has 1 heterocycles. The highest BCUT2D eigenvalue weighted by atomic mass is 16.6. The Bertz CT molecular complexity index is 613. The number of amides is 1. The summed E-state index contributed by atoms with van der Waals surface area (Å²) in [6.45, 7) is 0.885. The van der Waals surface area contributed by atoms with E-state index in [4.69, 9.17) is 14.2 Å². The number of carbonyl (C=O) groups is 1. The molecule has 0 unspecified atom stereocenters. The fraction of sp³-hybridized carbons (Fsp3) is 0.500. The molecule has 1 aromatic rings. The van der Waals surface area contributed by atoms with Gasteiger partial charge in [-0.3, -0.25) is 4.79 Å². The smallest absolute Gasteiger partial charge is 0.252 e. The number of benzene rings is 1. The van der Waals surface area contributed by atoms with Gasteiger partial charge in [-0.1, -0.05) is 0 Å². The SMILES string of the molecule is COc1cc(C(=O)NC2(C#N)CCCC2)cc2c1OCCO2. The van der Waals surface area contributed by atoms with Gasteiger partial charge in [0.15, 0.2) is 11.5 Å². The summed E-state index contributed by atoms with van der Waals surface area (Å²) in [7, 11) is 1.52. The zero-order valence-corrected chi connectivity index (χ0v) is 12.5. The standard InChI is InChI=1S/C16H18N2O4/c1-20-12-8-11(9-13-14(12)22-7-6-21-13)15(19)18-16(10-17)4-2-3-5-16/h8-9H,2-7H2,1H3,(H,18,19). The molecule has 1 aliphatic carbocycles. The third-order valence-corrected chi connectivity index (χ3v) is 4.11. The lowest BCUT2D eigenvalue weighted by molar-refractivity contribution is 0.0918. The molecule has 0 atom stereocenters. The molecule has 6 nitrogen and oxygen atoms in total. The van der Waals surface area contributed by atoms with E-state index in [-0.39, 0.29) is 5.91 Å². The van der Waals surface area contributed by atoms with Gasteiger partial charge in [0.05, 0.1) is 13.2 Å². The van der Waals surface area contributed by atoms with Crippen LogP contribution in [0.4, 0.5) is 0 Å². The van der Waals surface area contributed by atoms with E-state index in [9.17, 15) is 10.1 Å². The highest BCUT2D eigenvalue weighted by molar-refractivity contribution is 5.96. The van der Waals surface area contributed by atoms with Crippen molar-refractivity contribution >= 4 is 5.91 Å². The normalized spacial score (nSPS) is 18.4. The van der Waals surface area contributed by atoms with Crippen molar-refractivity contribution in [2.24, 2.45) is 0 Å². The minimum absolute atomic E-state index is 0.293. The summed E-state index contributed by atoms with van der Waals surface area (Å²) in [6.07, 6.45) is 3.30. The molecule has 3 rings (SSSR count). The molecule has 0 saturated heterocycles. The van der Waals surface area contributed by atoms with Crippen LogP contribution in [-0.4, -0.2) is 31.8 Å². The molecule has 1 fully saturated rings. The van der Waals surface area contributed by atoms with Crippen LogP contribution in [0, 0.1) is 11.3 Å². The van der Waals surface area contributed by atoms with Crippen LogP contribution in [0.5, 0.6) is 17.2 Å². The Morgan fingerprint density at radius 2 is 2.05 bits per heavy atom. The van der Waals surface area contributed by atoms with Crippen LogP contribution >= 0.6 is 0 Å². The van der Waals surface area contributed by atoms with E-state index in [1.165, 1.54) is 7.11 Å². The molecule has 1 aromatic carbocycles. The first kappa shape index (κ1) is 14.5. The van der Waals surface area contributed by atoms with Crippen LogP contribution in [-0.2, 0) is 0 Å². The second-order valence-corrected chi connectivity index (χ2v) is 5.56. The molecular weight excluding hydrogens is 284 g/mol. The number of rotatable bonds is 3. The summed E-state index contributed by atoms with van der Waals surface area (Å²) in [5.74, 6) is 1.17. The summed E-state index contributed by atoms with van der Waals surface area (Å²) in [4.78, 5) is 12.5. The van der Waals surface area contributed by atoms with Gasteiger partial charge < -0.3 is 19.5 Å². The summed E-state index contributed by atoms with van der Waals surface area (Å²) >= 11 is 0. The summed E-state index contributed by atoms with van der Waals surface area (Å²) < 4.78 is 16.3. The molecule has 1 N–H and O–H groups in total. The molecular formula is C16H18N2O4. The highest BCUT2D eigenvalue weighted by Gasteiger charge is 2.36. The maximum Gasteiger partial charge on any atom is 0.252 e. The van der Waals surface area contributed by atoms with Gasteiger partial charge in [0.25, 0.3) is 5.91 Å². The molecule has 1 aliphatic heterocycles. The number of nitriles is 1. The first-order chi connectivity index (χ1) is 10.7. The molecule has 0 aromatic heterocycles. The lowest BCUT2D eigenvalue weighted by atomic mass is 9.99. The predicted octanol–water partition coefficient (Wildman–Crippen LogP) is 2.03. The Hall–Kier alpha value is -2.42. The van der Waals surface area contributed by atoms with Crippen LogP contribution in [0.2, 0.25) is 0 Å². The second-order valence-electron chi connectivity index (χ2n) is 5.56. The average molecular weight is 302 g/mol. The number of methoxy groups -OCH3 is 1. The molecule has 2 aliphatic rings. The summed E-state index contributed by atoms with van der Waals surface area (Å²) in [5, 5.41) is 12.2. The minimum Gasteiger partial charge on any atom is -0.493 e. The van der Waals surface area contributed by atoms with Gasteiger partial charge in [-0.2, -0.15) is 5.26 Å². The monoisotopic (exact) mass is 302 g/mol. The first-order valence-electron chi connectivity index (χ1n) is 7.39. The maximum atomic E-state index is 12.5. The van der Waals surface area contributed by atoms with Crippen molar-refractivity contribution in [3.8, 4) is 23.3 Å². The van der Waals surface area contributed by atoms with Gasteiger partial charge in [-0.25, -0.2) is 0 Å². The van der Waals surface area contributed by atoms with Crippen molar-refractivity contribution in [2.75, 3.05) is 20.3 Å². The van der Waals surface area contributed by atoms with E-state index in [0.717, 1.165) is 12.8 Å². The Labute approximate surface area is 129 Å². The molecule has 6 heteroatoms. The van der Waals surface area contributed by atoms with Gasteiger partial charge in [0, 0.05) is 5.56 Å². The van der Waals surface area contributed by atoms with Crippen molar-refractivity contribution in [1.29, 1.82) is 5.26 Å². The summed E-state index contributed by atoms with van der Waals surface area (Å²) in [5.41, 5.74) is -0.347. The Morgan fingerprint density at radius 3 is 2.73 bits per heavy atom. The Kier molecular flexibility index (Phi) is 3.80. The number of hydrogen-bond donors (Lipinski definition) is 1. The average Bonchev–Trinajstić information content (AvgIpc) is 3.02. The lowest BCUT2D eigenvalue weighted by Gasteiger charge is -2.24. The topological polar surface area (TPSA) is 80.6 Å². The third-order valence-electron chi connectivity index (χ3n) is 4.11. The zero-order valence-electron chi connectivity index (χ0n) is 12.5. The van der Waals surface area contributed by atoms with Gasteiger partial charge in [-0.05, 0) is 37.8 Å². The van der Waals surface area contributed by atoms with Gasteiger partial charge in [0.2, 0.25) is 5.75 Å². The van der Waals surface area contributed by atoms with Crippen molar-refractivity contribution in [3.63, 3.8) is 0 Å². The van der Waals surface area contributed by atoms with Crippen molar-refractivity contribution < 1.29 is 19.0 Å². The number of ether oxygens (including phenoxy) is 3. The molecule has 0 bridgehead atoms. The van der Waals surface area contributed by atoms with Crippen LogP contribution in [0.15, 0.2) is 12.1 Å². The fourth-order valence-electron chi connectivity index (χ4n) is 2.94. The molecule has 116 valence electrons. The van der Waals surface area contributed by atoms with Gasteiger partial charge >= 0.3 is 0 Å². The third kappa shape index (κ3) is 2.54. The van der Waals surface area contributed by atoms with E-state index in [1.54, 1.807) is 12.1 Å². The molecule has 1 amide bonds. The van der Waals surface area contributed by atoms with E-state index in [0.29, 0.717) is 48.9 Å². The number of fused-ring (bicyclic) bond motifs is 1. The Balaban J connectivity index is 1.88. The Morgan fingerprint density at radius 1 is 1.32 bits per heavy atom. The maximum absolute atomic E-state index is 12.5. The van der Waals surface area contributed by atoms with Crippen LogP contribution in [0.1, 0.15) is 36.0 Å². The minimum atomic E-state index is -0.752. The summed E-state index contributed by atoms with van der Waals surface area (Å²) in [6, 6.07) is 5.50. The van der Waals surface area contributed by atoms with Crippen LogP contribution in [0.25, 0.3) is 0 Å². The zero-order chi connectivity index (χ0) is 15.6.